The number of benzene rings is 1. The molecule has 3 N–H and O–H groups in total. The lowest BCUT2D eigenvalue weighted by Crippen LogP contribution is -2.13. The van der Waals surface area contributed by atoms with Gasteiger partial charge in [0.1, 0.15) is 11.8 Å². The highest BCUT2D eigenvalue weighted by Gasteiger charge is 2.13. The average Bonchev–Trinajstić information content (AvgIpc) is 2.01. The van der Waals surface area contributed by atoms with Crippen LogP contribution in [0.1, 0.15) is 5.56 Å². The van der Waals surface area contributed by atoms with Crippen molar-refractivity contribution in [3.63, 3.8) is 0 Å². The molecule has 0 aliphatic carbocycles. The summed E-state index contributed by atoms with van der Waals surface area (Å²) in [7, 11) is -3.90. The van der Waals surface area contributed by atoms with E-state index in [2.05, 4.69) is 0 Å². The molecule has 0 unspecified atom stereocenters. The number of hydrogen-bond donors (Lipinski definition) is 2. The zero-order valence-corrected chi connectivity index (χ0v) is 7.25. The number of nitrogens with two attached hydrogens (primary N) is 1. The van der Waals surface area contributed by atoms with Crippen LogP contribution in [-0.4, -0.2) is 13.5 Å². The van der Waals surface area contributed by atoms with Gasteiger partial charge in [-0.1, -0.05) is 0 Å². The van der Waals surface area contributed by atoms with Crippen molar-refractivity contribution in [1.29, 1.82) is 5.26 Å². The van der Waals surface area contributed by atoms with Gasteiger partial charge in [0.2, 0.25) is 10.0 Å². The zero-order valence-electron chi connectivity index (χ0n) is 6.43. The van der Waals surface area contributed by atoms with Crippen LogP contribution in [0.3, 0.4) is 0 Å². The predicted octanol–water partition coefficient (Wildman–Crippen LogP) is -0.0887. The third kappa shape index (κ3) is 1.96. The second-order valence-corrected chi connectivity index (χ2v) is 3.87. The summed E-state index contributed by atoms with van der Waals surface area (Å²) in [5.74, 6) is -0.177. The summed E-state index contributed by atoms with van der Waals surface area (Å²) in [6.45, 7) is 0. The van der Waals surface area contributed by atoms with Crippen molar-refractivity contribution in [2.24, 2.45) is 5.14 Å². The van der Waals surface area contributed by atoms with Crippen LogP contribution in [0, 0.1) is 11.3 Å². The van der Waals surface area contributed by atoms with Gasteiger partial charge in [-0.2, -0.15) is 5.26 Å². The Morgan fingerprint density at radius 2 is 2.08 bits per heavy atom. The molecule has 0 aliphatic rings. The first-order valence-corrected chi connectivity index (χ1v) is 4.75. The number of aromatic hydroxyl groups is 1. The molecule has 13 heavy (non-hydrogen) atoms. The second kappa shape index (κ2) is 3.05. The van der Waals surface area contributed by atoms with Gasteiger partial charge in [0, 0.05) is 0 Å². The maximum atomic E-state index is 10.9. The number of rotatable bonds is 1. The van der Waals surface area contributed by atoms with E-state index in [0.29, 0.717) is 0 Å². The largest absolute Gasteiger partial charge is 0.508 e. The summed E-state index contributed by atoms with van der Waals surface area (Å²) >= 11 is 0. The molecule has 0 atom stereocenters. The first-order valence-electron chi connectivity index (χ1n) is 3.21. The Bertz CT molecular complexity index is 473. The van der Waals surface area contributed by atoms with Crippen molar-refractivity contribution in [2.45, 2.75) is 4.90 Å². The lowest BCUT2D eigenvalue weighted by atomic mass is 10.2. The van der Waals surface area contributed by atoms with Crippen LogP contribution in [0.25, 0.3) is 0 Å². The van der Waals surface area contributed by atoms with Crippen molar-refractivity contribution in [1.82, 2.24) is 0 Å². The van der Waals surface area contributed by atoms with E-state index in [1.165, 1.54) is 0 Å². The molecule has 1 aromatic carbocycles. The van der Waals surface area contributed by atoms with E-state index >= 15 is 0 Å². The molecule has 0 aliphatic heterocycles. The second-order valence-electron chi connectivity index (χ2n) is 2.34. The van der Waals surface area contributed by atoms with Crippen molar-refractivity contribution >= 4 is 10.0 Å². The van der Waals surface area contributed by atoms with Gasteiger partial charge >= 0.3 is 0 Å². The SMILES string of the molecule is N#Cc1cc(O)ccc1S(N)(=O)=O. The van der Waals surface area contributed by atoms with Gasteiger partial charge in [-0.3, -0.25) is 0 Å². The average molecular weight is 198 g/mol. The highest BCUT2D eigenvalue weighted by atomic mass is 32.2. The lowest BCUT2D eigenvalue weighted by molar-refractivity contribution is 0.474. The first kappa shape index (κ1) is 9.51. The molecule has 0 radical (unpaired) electrons. The smallest absolute Gasteiger partial charge is 0.239 e. The molecule has 0 spiro atoms. The molecule has 0 saturated carbocycles. The van der Waals surface area contributed by atoms with Crippen LogP contribution < -0.4 is 5.14 Å². The summed E-state index contributed by atoms with van der Waals surface area (Å²) in [4.78, 5) is -0.284. The van der Waals surface area contributed by atoms with Gasteiger partial charge in [0.25, 0.3) is 0 Å². The maximum Gasteiger partial charge on any atom is 0.239 e. The number of hydrogen-bond acceptors (Lipinski definition) is 4. The van der Waals surface area contributed by atoms with E-state index < -0.39 is 10.0 Å². The fourth-order valence-corrected chi connectivity index (χ4v) is 1.52. The van der Waals surface area contributed by atoms with Gasteiger partial charge < -0.3 is 5.11 Å². The van der Waals surface area contributed by atoms with E-state index in [-0.39, 0.29) is 16.2 Å². The minimum atomic E-state index is -3.90. The molecule has 0 heterocycles. The summed E-state index contributed by atoms with van der Waals surface area (Å²) in [5, 5.41) is 22.3. The van der Waals surface area contributed by atoms with Crippen molar-refractivity contribution < 1.29 is 13.5 Å². The van der Waals surface area contributed by atoms with Gasteiger partial charge in [-0.25, -0.2) is 13.6 Å². The lowest BCUT2D eigenvalue weighted by Gasteiger charge is -2.00. The van der Waals surface area contributed by atoms with Crippen LogP contribution >= 0.6 is 0 Å². The topological polar surface area (TPSA) is 104 Å². The highest BCUT2D eigenvalue weighted by molar-refractivity contribution is 7.89. The van der Waals surface area contributed by atoms with Crippen LogP contribution in [-0.2, 0) is 10.0 Å². The summed E-state index contributed by atoms with van der Waals surface area (Å²) < 4.78 is 21.7. The summed E-state index contributed by atoms with van der Waals surface area (Å²) in [6.07, 6.45) is 0. The Hall–Kier alpha value is -1.58. The van der Waals surface area contributed by atoms with E-state index in [4.69, 9.17) is 15.5 Å². The Morgan fingerprint density at radius 3 is 2.54 bits per heavy atom. The Labute approximate surface area is 75.1 Å². The number of phenolic OH excluding ortho intramolecular Hbond substituents is 1. The molecule has 0 saturated heterocycles. The molecule has 1 rings (SSSR count). The van der Waals surface area contributed by atoms with E-state index in [0.717, 1.165) is 18.2 Å². The Kier molecular flexibility index (Phi) is 2.23. The highest BCUT2D eigenvalue weighted by Crippen LogP contribution is 2.18. The fraction of sp³-hybridized carbons (Fsp3) is 0. The van der Waals surface area contributed by atoms with E-state index in [1.807, 2.05) is 0 Å². The molecule has 0 aromatic heterocycles. The summed E-state index contributed by atoms with van der Waals surface area (Å²) in [6, 6.07) is 4.91. The number of phenols is 1. The van der Waals surface area contributed by atoms with Crippen molar-refractivity contribution in [3.8, 4) is 11.8 Å². The predicted molar refractivity (Wildman–Crippen MR) is 44.2 cm³/mol. The third-order valence-electron chi connectivity index (χ3n) is 1.39. The maximum absolute atomic E-state index is 10.9. The fourth-order valence-electron chi connectivity index (χ4n) is 0.853. The quantitative estimate of drug-likeness (QED) is 0.657. The Balaban J connectivity index is 3.50. The van der Waals surface area contributed by atoms with Crippen LogP contribution in [0.15, 0.2) is 23.1 Å². The van der Waals surface area contributed by atoms with Crippen molar-refractivity contribution in [2.75, 3.05) is 0 Å². The van der Waals surface area contributed by atoms with Gasteiger partial charge in [-0.15, -0.1) is 0 Å². The molecule has 5 nitrogen and oxygen atoms in total. The molecule has 0 fully saturated rings. The van der Waals surface area contributed by atoms with E-state index in [9.17, 15) is 8.42 Å². The third-order valence-corrected chi connectivity index (χ3v) is 2.36. The van der Waals surface area contributed by atoms with Crippen LogP contribution in [0.2, 0.25) is 0 Å². The zero-order chi connectivity index (χ0) is 10.1. The molecular formula is C7H6N2O3S. The number of primary sulfonamides is 1. The molecule has 1 aromatic rings. The van der Waals surface area contributed by atoms with Crippen LogP contribution in [0.4, 0.5) is 0 Å². The van der Waals surface area contributed by atoms with Gasteiger partial charge in [0.15, 0.2) is 0 Å². The van der Waals surface area contributed by atoms with Crippen LogP contribution in [0.5, 0.6) is 5.75 Å². The van der Waals surface area contributed by atoms with Gasteiger partial charge in [-0.05, 0) is 18.2 Å². The van der Waals surface area contributed by atoms with Gasteiger partial charge in [0.05, 0.1) is 10.5 Å². The molecule has 0 bridgehead atoms. The molecular weight excluding hydrogens is 192 g/mol. The monoisotopic (exact) mass is 198 g/mol. The minimum absolute atomic E-state index is 0.164. The summed E-state index contributed by atoms with van der Waals surface area (Å²) in [5.41, 5.74) is -0.164. The Morgan fingerprint density at radius 1 is 1.46 bits per heavy atom. The van der Waals surface area contributed by atoms with E-state index in [1.54, 1.807) is 6.07 Å². The number of sulfonamides is 1. The molecule has 68 valence electrons. The minimum Gasteiger partial charge on any atom is -0.508 e. The normalized spacial score (nSPS) is 10.8. The standard InChI is InChI=1S/C7H6N2O3S/c8-4-5-3-6(10)1-2-7(5)13(9,11)12/h1-3,10H,(H2,9,11,12). The number of nitrogens with zero attached hydrogens (tertiary/aromatic N) is 1. The molecule has 0 amide bonds. The van der Waals surface area contributed by atoms with Crippen molar-refractivity contribution in [3.05, 3.63) is 23.8 Å². The number of nitriles is 1. The molecule has 6 heteroatoms. The first-order chi connectivity index (χ1) is 5.95.